The molecule has 0 saturated heterocycles. The first kappa shape index (κ1) is 13.0. The van der Waals surface area contributed by atoms with E-state index in [9.17, 15) is 4.79 Å². The summed E-state index contributed by atoms with van der Waals surface area (Å²) < 4.78 is 1.96. The molecule has 0 N–H and O–H groups in total. The molecular formula is C14H21N3O. The Bertz CT molecular complexity index is 446. The van der Waals surface area contributed by atoms with Crippen LogP contribution in [0.4, 0.5) is 0 Å². The van der Waals surface area contributed by atoms with Gasteiger partial charge in [0.05, 0.1) is 0 Å². The van der Waals surface area contributed by atoms with Crippen LogP contribution >= 0.6 is 0 Å². The van der Waals surface area contributed by atoms with Crippen LogP contribution in [-0.2, 0) is 17.8 Å². The van der Waals surface area contributed by atoms with E-state index in [2.05, 4.69) is 23.9 Å². The fraction of sp³-hybridized carbons (Fsp3) is 0.643. The predicted octanol–water partition coefficient (Wildman–Crippen LogP) is 2.55. The highest BCUT2D eigenvalue weighted by atomic mass is 16.1. The molecule has 0 saturated carbocycles. The summed E-state index contributed by atoms with van der Waals surface area (Å²) in [5.41, 5.74) is 1.20. The Labute approximate surface area is 108 Å². The molecule has 2 rings (SSSR count). The van der Waals surface area contributed by atoms with E-state index in [-0.39, 0.29) is 5.78 Å². The average molecular weight is 247 g/mol. The molecule has 4 heteroatoms. The van der Waals surface area contributed by atoms with E-state index in [0.717, 1.165) is 38.1 Å². The van der Waals surface area contributed by atoms with Gasteiger partial charge in [0.15, 0.2) is 5.78 Å². The highest BCUT2D eigenvalue weighted by Gasteiger charge is 2.12. The third kappa shape index (κ3) is 3.52. The van der Waals surface area contributed by atoms with Crippen molar-refractivity contribution in [3.05, 3.63) is 23.8 Å². The van der Waals surface area contributed by atoms with Crippen LogP contribution in [0.5, 0.6) is 0 Å². The normalized spacial score (nSPS) is 16.8. The first-order valence-electron chi connectivity index (χ1n) is 6.74. The van der Waals surface area contributed by atoms with Gasteiger partial charge >= 0.3 is 0 Å². The first-order valence-corrected chi connectivity index (χ1v) is 6.74. The molecule has 4 nitrogen and oxygen atoms in total. The molecule has 0 fully saturated rings. The van der Waals surface area contributed by atoms with Crippen molar-refractivity contribution in [1.82, 2.24) is 14.8 Å². The van der Waals surface area contributed by atoms with Crippen LogP contribution < -0.4 is 0 Å². The van der Waals surface area contributed by atoms with Crippen molar-refractivity contribution < 1.29 is 4.79 Å². The molecular weight excluding hydrogens is 226 g/mol. The van der Waals surface area contributed by atoms with E-state index in [1.54, 1.807) is 6.33 Å². The van der Waals surface area contributed by atoms with Crippen molar-refractivity contribution in [3.8, 4) is 0 Å². The fourth-order valence-corrected chi connectivity index (χ4v) is 2.29. The summed E-state index contributed by atoms with van der Waals surface area (Å²) in [6.07, 6.45) is 8.02. The van der Waals surface area contributed by atoms with Crippen LogP contribution in [0, 0.1) is 5.92 Å². The SMILES string of the molecule is CC(C)Cn1ncnc1CC1=CC(=O)CCCC1. The van der Waals surface area contributed by atoms with E-state index >= 15 is 0 Å². The summed E-state index contributed by atoms with van der Waals surface area (Å²) in [6.45, 7) is 5.22. The van der Waals surface area contributed by atoms with Crippen molar-refractivity contribution in [1.29, 1.82) is 0 Å². The van der Waals surface area contributed by atoms with Crippen molar-refractivity contribution >= 4 is 5.78 Å². The monoisotopic (exact) mass is 247 g/mol. The quantitative estimate of drug-likeness (QED) is 0.821. The molecule has 0 unspecified atom stereocenters. The van der Waals surface area contributed by atoms with Crippen LogP contribution in [-0.4, -0.2) is 20.5 Å². The van der Waals surface area contributed by atoms with E-state index in [0.29, 0.717) is 12.3 Å². The van der Waals surface area contributed by atoms with Crippen molar-refractivity contribution in [2.75, 3.05) is 0 Å². The van der Waals surface area contributed by atoms with Crippen LogP contribution in [0.15, 0.2) is 18.0 Å². The number of rotatable bonds is 4. The van der Waals surface area contributed by atoms with Crippen LogP contribution in [0.3, 0.4) is 0 Å². The van der Waals surface area contributed by atoms with Gasteiger partial charge in [-0.05, 0) is 31.3 Å². The Kier molecular flexibility index (Phi) is 4.28. The van der Waals surface area contributed by atoms with E-state index in [4.69, 9.17) is 0 Å². The number of hydrogen-bond donors (Lipinski definition) is 0. The molecule has 0 bridgehead atoms. The van der Waals surface area contributed by atoms with E-state index in [1.807, 2.05) is 10.8 Å². The minimum atomic E-state index is 0.262. The van der Waals surface area contributed by atoms with Crippen molar-refractivity contribution in [2.45, 2.75) is 52.5 Å². The zero-order valence-electron chi connectivity index (χ0n) is 11.2. The third-order valence-corrected chi connectivity index (χ3v) is 3.16. The number of aromatic nitrogens is 3. The molecule has 1 aliphatic carbocycles. The Morgan fingerprint density at radius 2 is 2.11 bits per heavy atom. The number of carbonyl (C=O) groups excluding carboxylic acids is 1. The number of ketones is 1. The second kappa shape index (κ2) is 5.94. The molecule has 0 amide bonds. The average Bonchev–Trinajstić information content (AvgIpc) is 2.59. The minimum Gasteiger partial charge on any atom is -0.295 e. The summed E-state index contributed by atoms with van der Waals surface area (Å²) in [4.78, 5) is 15.9. The number of carbonyl (C=O) groups is 1. The van der Waals surface area contributed by atoms with Gasteiger partial charge in [-0.25, -0.2) is 9.67 Å². The van der Waals surface area contributed by atoms with Gasteiger partial charge in [-0.2, -0.15) is 5.10 Å². The van der Waals surface area contributed by atoms with Gasteiger partial charge in [-0.15, -0.1) is 0 Å². The third-order valence-electron chi connectivity index (χ3n) is 3.16. The fourth-order valence-electron chi connectivity index (χ4n) is 2.29. The first-order chi connectivity index (χ1) is 8.65. The summed E-state index contributed by atoms with van der Waals surface area (Å²) in [6, 6.07) is 0. The van der Waals surface area contributed by atoms with Gasteiger partial charge in [-0.3, -0.25) is 4.79 Å². The lowest BCUT2D eigenvalue weighted by Gasteiger charge is -2.09. The second-order valence-corrected chi connectivity index (χ2v) is 5.41. The number of hydrogen-bond acceptors (Lipinski definition) is 3. The van der Waals surface area contributed by atoms with Gasteiger partial charge in [0.25, 0.3) is 0 Å². The molecule has 18 heavy (non-hydrogen) atoms. The molecule has 98 valence electrons. The van der Waals surface area contributed by atoms with Gasteiger partial charge in [0, 0.05) is 19.4 Å². The Hall–Kier alpha value is -1.45. The maximum absolute atomic E-state index is 11.6. The molecule has 1 aliphatic rings. The second-order valence-electron chi connectivity index (χ2n) is 5.41. The Balaban J connectivity index is 2.08. The zero-order valence-corrected chi connectivity index (χ0v) is 11.2. The Morgan fingerprint density at radius 1 is 1.33 bits per heavy atom. The highest BCUT2D eigenvalue weighted by Crippen LogP contribution is 2.18. The summed E-state index contributed by atoms with van der Waals surface area (Å²) >= 11 is 0. The molecule has 0 aromatic carbocycles. The molecule has 0 spiro atoms. The molecule has 0 radical (unpaired) electrons. The summed E-state index contributed by atoms with van der Waals surface area (Å²) in [5.74, 6) is 1.79. The van der Waals surface area contributed by atoms with E-state index in [1.165, 1.54) is 5.57 Å². The number of allylic oxidation sites excluding steroid dienone is 2. The van der Waals surface area contributed by atoms with Gasteiger partial charge in [-0.1, -0.05) is 19.4 Å². The largest absolute Gasteiger partial charge is 0.295 e. The lowest BCUT2D eigenvalue weighted by Crippen LogP contribution is -2.11. The topological polar surface area (TPSA) is 47.8 Å². The summed E-state index contributed by atoms with van der Waals surface area (Å²) in [5, 5.41) is 4.26. The highest BCUT2D eigenvalue weighted by molar-refractivity contribution is 5.90. The Morgan fingerprint density at radius 3 is 2.89 bits per heavy atom. The van der Waals surface area contributed by atoms with Crippen molar-refractivity contribution in [2.24, 2.45) is 5.92 Å². The smallest absolute Gasteiger partial charge is 0.155 e. The van der Waals surface area contributed by atoms with Gasteiger partial charge in [0.1, 0.15) is 12.2 Å². The minimum absolute atomic E-state index is 0.262. The number of nitrogens with zero attached hydrogens (tertiary/aromatic N) is 3. The lowest BCUT2D eigenvalue weighted by atomic mass is 10.1. The van der Waals surface area contributed by atoms with E-state index < -0.39 is 0 Å². The van der Waals surface area contributed by atoms with Crippen LogP contribution in [0.25, 0.3) is 0 Å². The molecule has 1 aromatic heterocycles. The molecule has 1 aromatic rings. The molecule has 0 atom stereocenters. The predicted molar refractivity (Wildman–Crippen MR) is 70.1 cm³/mol. The maximum atomic E-state index is 11.6. The van der Waals surface area contributed by atoms with Gasteiger partial charge in [0.2, 0.25) is 0 Å². The summed E-state index contributed by atoms with van der Waals surface area (Å²) in [7, 11) is 0. The maximum Gasteiger partial charge on any atom is 0.155 e. The lowest BCUT2D eigenvalue weighted by molar-refractivity contribution is -0.114. The van der Waals surface area contributed by atoms with Crippen LogP contribution in [0.2, 0.25) is 0 Å². The van der Waals surface area contributed by atoms with Gasteiger partial charge < -0.3 is 0 Å². The zero-order chi connectivity index (χ0) is 13.0. The molecule has 1 heterocycles. The molecule has 0 aliphatic heterocycles. The van der Waals surface area contributed by atoms with Crippen LogP contribution in [0.1, 0.15) is 45.4 Å². The van der Waals surface area contributed by atoms with Crippen molar-refractivity contribution in [3.63, 3.8) is 0 Å². The standard InChI is InChI=1S/C14H21N3O/c1-11(2)9-17-14(15-10-16-17)8-12-5-3-4-6-13(18)7-12/h7,10-11H,3-6,8-9H2,1-2H3.